The van der Waals surface area contributed by atoms with Crippen LogP contribution in [0, 0.1) is 5.92 Å². The molecule has 1 N–H and O–H groups in total. The first-order chi connectivity index (χ1) is 13.2. The SMILES string of the molecule is O=C(Nc1ccccc1)C1CCN(C(=O)c2csc(-c3ccco3)n2)CC1. The molecule has 1 aliphatic rings. The summed E-state index contributed by atoms with van der Waals surface area (Å²) in [6.45, 7) is 1.11. The van der Waals surface area contributed by atoms with Crippen molar-refractivity contribution in [2.45, 2.75) is 12.8 Å². The molecule has 1 aliphatic heterocycles. The lowest BCUT2D eigenvalue weighted by Crippen LogP contribution is -2.41. The van der Waals surface area contributed by atoms with Gasteiger partial charge in [-0.3, -0.25) is 9.59 Å². The number of hydrogen-bond donors (Lipinski definition) is 1. The molecule has 0 unspecified atom stereocenters. The number of nitrogens with zero attached hydrogens (tertiary/aromatic N) is 2. The van der Waals surface area contributed by atoms with E-state index in [4.69, 9.17) is 4.42 Å². The fraction of sp³-hybridized carbons (Fsp3) is 0.250. The molecule has 3 heterocycles. The molecule has 0 radical (unpaired) electrons. The molecular formula is C20H19N3O3S. The summed E-state index contributed by atoms with van der Waals surface area (Å²) in [6, 6.07) is 13.1. The number of amides is 2. The van der Waals surface area contributed by atoms with Crippen molar-refractivity contribution in [3.63, 3.8) is 0 Å². The van der Waals surface area contributed by atoms with Crippen LogP contribution in [0.4, 0.5) is 5.69 Å². The first-order valence-electron chi connectivity index (χ1n) is 8.85. The maximum Gasteiger partial charge on any atom is 0.273 e. The van der Waals surface area contributed by atoms with E-state index in [0.29, 0.717) is 42.4 Å². The van der Waals surface area contributed by atoms with Gasteiger partial charge in [0.15, 0.2) is 10.8 Å². The molecule has 6 nitrogen and oxygen atoms in total. The molecule has 0 saturated carbocycles. The fourth-order valence-corrected chi connectivity index (χ4v) is 3.92. The number of furan rings is 1. The second-order valence-electron chi connectivity index (χ2n) is 6.44. The highest BCUT2D eigenvalue weighted by Crippen LogP contribution is 2.26. The van der Waals surface area contributed by atoms with Gasteiger partial charge in [0.05, 0.1) is 6.26 Å². The van der Waals surface area contributed by atoms with Crippen LogP contribution in [0.1, 0.15) is 23.3 Å². The Morgan fingerprint density at radius 2 is 1.89 bits per heavy atom. The van der Waals surface area contributed by atoms with Crippen LogP contribution in [0.25, 0.3) is 10.8 Å². The van der Waals surface area contributed by atoms with Crippen LogP contribution in [0.15, 0.2) is 58.5 Å². The average molecular weight is 381 g/mol. The molecule has 0 bridgehead atoms. The largest absolute Gasteiger partial charge is 0.462 e. The minimum atomic E-state index is -0.0917. The van der Waals surface area contributed by atoms with E-state index < -0.39 is 0 Å². The highest BCUT2D eigenvalue weighted by atomic mass is 32.1. The number of likely N-dealkylation sites (tertiary alicyclic amines) is 1. The predicted octanol–water partition coefficient (Wildman–Crippen LogP) is 3.89. The third-order valence-electron chi connectivity index (χ3n) is 4.65. The number of benzene rings is 1. The van der Waals surface area contributed by atoms with Crippen molar-refractivity contribution in [3.05, 3.63) is 59.8 Å². The van der Waals surface area contributed by atoms with Crippen LogP contribution in [-0.2, 0) is 4.79 Å². The molecule has 7 heteroatoms. The minimum absolute atomic E-state index is 0.0158. The van der Waals surface area contributed by atoms with Gasteiger partial charge in [0.2, 0.25) is 5.91 Å². The van der Waals surface area contributed by atoms with E-state index in [2.05, 4.69) is 10.3 Å². The van der Waals surface area contributed by atoms with Crippen molar-refractivity contribution in [1.82, 2.24) is 9.88 Å². The van der Waals surface area contributed by atoms with Crippen molar-refractivity contribution >= 4 is 28.8 Å². The first kappa shape index (κ1) is 17.5. The second kappa shape index (κ2) is 7.75. The quantitative estimate of drug-likeness (QED) is 0.744. The number of carbonyl (C=O) groups is 2. The molecule has 4 rings (SSSR count). The Morgan fingerprint density at radius 1 is 1.11 bits per heavy atom. The Kier molecular flexibility index (Phi) is 5.02. The maximum atomic E-state index is 12.7. The van der Waals surface area contributed by atoms with Gasteiger partial charge < -0.3 is 14.6 Å². The van der Waals surface area contributed by atoms with Crippen LogP contribution in [0.3, 0.4) is 0 Å². The molecule has 0 aliphatic carbocycles. The van der Waals surface area contributed by atoms with E-state index in [0.717, 1.165) is 5.69 Å². The number of hydrogen-bond acceptors (Lipinski definition) is 5. The summed E-state index contributed by atoms with van der Waals surface area (Å²) in [4.78, 5) is 31.3. The van der Waals surface area contributed by atoms with E-state index >= 15 is 0 Å². The standard InChI is InChI=1S/C20H19N3O3S/c24-18(21-15-5-2-1-3-6-15)14-8-10-23(11-9-14)20(25)16-13-27-19(22-16)17-7-4-12-26-17/h1-7,12-14H,8-11H2,(H,21,24). The summed E-state index contributed by atoms with van der Waals surface area (Å²) in [5.41, 5.74) is 1.23. The zero-order chi connectivity index (χ0) is 18.6. The number of rotatable bonds is 4. The predicted molar refractivity (Wildman–Crippen MR) is 104 cm³/mol. The molecule has 0 atom stereocenters. The average Bonchev–Trinajstić information content (AvgIpc) is 3.40. The molecule has 2 aromatic heterocycles. The van der Waals surface area contributed by atoms with Gasteiger partial charge in [0.25, 0.3) is 5.91 Å². The van der Waals surface area contributed by atoms with Crippen molar-refractivity contribution in [1.29, 1.82) is 0 Å². The number of carbonyl (C=O) groups excluding carboxylic acids is 2. The highest BCUT2D eigenvalue weighted by Gasteiger charge is 2.29. The Labute approximate surface area is 160 Å². The van der Waals surface area contributed by atoms with Gasteiger partial charge in [-0.1, -0.05) is 18.2 Å². The molecule has 138 valence electrons. The van der Waals surface area contributed by atoms with E-state index in [9.17, 15) is 9.59 Å². The third-order valence-corrected chi connectivity index (χ3v) is 5.51. The van der Waals surface area contributed by atoms with Crippen LogP contribution >= 0.6 is 11.3 Å². The van der Waals surface area contributed by atoms with E-state index in [1.165, 1.54) is 11.3 Å². The van der Waals surface area contributed by atoms with Crippen molar-refractivity contribution in [2.24, 2.45) is 5.92 Å². The topological polar surface area (TPSA) is 75.4 Å². The number of aromatic nitrogens is 1. The summed E-state index contributed by atoms with van der Waals surface area (Å²) in [6.07, 6.45) is 2.89. The second-order valence-corrected chi connectivity index (χ2v) is 7.30. The lowest BCUT2D eigenvalue weighted by molar-refractivity contribution is -0.121. The Morgan fingerprint density at radius 3 is 2.59 bits per heavy atom. The number of piperidine rings is 1. The molecular weight excluding hydrogens is 362 g/mol. The first-order valence-corrected chi connectivity index (χ1v) is 9.73. The monoisotopic (exact) mass is 381 g/mol. The Hall–Kier alpha value is -2.93. The summed E-state index contributed by atoms with van der Waals surface area (Å²) in [5.74, 6) is 0.506. The zero-order valence-electron chi connectivity index (χ0n) is 14.6. The minimum Gasteiger partial charge on any atom is -0.462 e. The van der Waals surface area contributed by atoms with Gasteiger partial charge in [0.1, 0.15) is 5.69 Å². The number of thiazole rings is 1. The molecule has 27 heavy (non-hydrogen) atoms. The van der Waals surface area contributed by atoms with Crippen LogP contribution in [0.2, 0.25) is 0 Å². The zero-order valence-corrected chi connectivity index (χ0v) is 15.4. The van der Waals surface area contributed by atoms with Crippen LogP contribution < -0.4 is 5.32 Å². The van der Waals surface area contributed by atoms with Gasteiger partial charge in [-0.25, -0.2) is 4.98 Å². The summed E-state index contributed by atoms with van der Waals surface area (Å²) >= 11 is 1.39. The van der Waals surface area contributed by atoms with Crippen LogP contribution in [-0.4, -0.2) is 34.8 Å². The lowest BCUT2D eigenvalue weighted by Gasteiger charge is -2.30. The lowest BCUT2D eigenvalue weighted by atomic mass is 9.95. The van der Waals surface area contributed by atoms with Gasteiger partial charge in [-0.15, -0.1) is 11.3 Å². The van der Waals surface area contributed by atoms with Crippen molar-refractivity contribution < 1.29 is 14.0 Å². The molecule has 3 aromatic rings. The maximum absolute atomic E-state index is 12.7. The van der Waals surface area contributed by atoms with Gasteiger partial charge in [-0.05, 0) is 37.1 Å². The third kappa shape index (κ3) is 3.93. The summed E-state index contributed by atoms with van der Waals surface area (Å²) < 4.78 is 5.33. The molecule has 1 aromatic carbocycles. The summed E-state index contributed by atoms with van der Waals surface area (Å²) in [5, 5.41) is 5.40. The van der Waals surface area contributed by atoms with Gasteiger partial charge >= 0.3 is 0 Å². The van der Waals surface area contributed by atoms with Crippen molar-refractivity contribution in [2.75, 3.05) is 18.4 Å². The normalized spacial score (nSPS) is 14.9. The molecule has 1 saturated heterocycles. The Bertz CT molecular complexity index is 913. The fourth-order valence-electron chi connectivity index (χ4n) is 3.16. The van der Waals surface area contributed by atoms with Crippen LogP contribution in [0.5, 0.6) is 0 Å². The van der Waals surface area contributed by atoms with Gasteiger partial charge in [0, 0.05) is 30.1 Å². The number of nitrogens with one attached hydrogen (secondary N) is 1. The molecule has 1 fully saturated rings. The number of anilines is 1. The van der Waals surface area contributed by atoms with Gasteiger partial charge in [-0.2, -0.15) is 0 Å². The highest BCUT2D eigenvalue weighted by molar-refractivity contribution is 7.13. The Balaban J connectivity index is 1.33. The molecule has 2 amide bonds. The molecule has 0 spiro atoms. The number of para-hydroxylation sites is 1. The van der Waals surface area contributed by atoms with E-state index in [-0.39, 0.29) is 17.7 Å². The smallest absolute Gasteiger partial charge is 0.273 e. The van der Waals surface area contributed by atoms with E-state index in [1.807, 2.05) is 36.4 Å². The van der Waals surface area contributed by atoms with E-state index in [1.54, 1.807) is 22.6 Å². The summed E-state index contributed by atoms with van der Waals surface area (Å²) in [7, 11) is 0. The van der Waals surface area contributed by atoms with Crippen molar-refractivity contribution in [3.8, 4) is 10.8 Å².